The van der Waals surface area contributed by atoms with Crippen molar-refractivity contribution in [3.63, 3.8) is 0 Å². The van der Waals surface area contributed by atoms with Gasteiger partial charge in [0.2, 0.25) is 0 Å². The molecule has 0 bridgehead atoms. The Morgan fingerprint density at radius 1 is 1.50 bits per heavy atom. The molecule has 0 heterocycles. The summed E-state index contributed by atoms with van der Waals surface area (Å²) in [5.74, 6) is -0.000602. The quantitative estimate of drug-likeness (QED) is 0.679. The van der Waals surface area contributed by atoms with Gasteiger partial charge in [-0.2, -0.15) is 5.26 Å². The fourth-order valence-corrected chi connectivity index (χ4v) is 1.82. The average Bonchev–Trinajstić information content (AvgIpc) is 1.99. The zero-order valence-corrected chi connectivity index (χ0v) is 8.13. The number of hydrogen-bond donors (Lipinski definition) is 1. The maximum atomic E-state index is 11.2. The van der Waals surface area contributed by atoms with Gasteiger partial charge in [0.1, 0.15) is 5.25 Å². The van der Waals surface area contributed by atoms with Gasteiger partial charge in [-0.05, 0) is 20.3 Å². The van der Waals surface area contributed by atoms with Crippen LogP contribution in [0.25, 0.3) is 0 Å². The largest absolute Gasteiger partial charge is 0.328 e. The molecule has 0 aromatic carbocycles. The molecule has 70 valence electrons. The van der Waals surface area contributed by atoms with Gasteiger partial charge in [-0.25, -0.2) is 8.42 Å². The van der Waals surface area contributed by atoms with E-state index in [9.17, 15) is 8.42 Å². The molecule has 4 nitrogen and oxygen atoms in total. The molecule has 0 aliphatic carbocycles. The molecule has 2 unspecified atom stereocenters. The van der Waals surface area contributed by atoms with E-state index in [1.54, 1.807) is 13.0 Å². The number of nitrogens with zero attached hydrogens (tertiary/aromatic N) is 1. The number of hydrogen-bond acceptors (Lipinski definition) is 4. The summed E-state index contributed by atoms with van der Waals surface area (Å²) >= 11 is 0. The van der Waals surface area contributed by atoms with Crippen molar-refractivity contribution >= 4 is 9.84 Å². The SMILES string of the molecule is CC(N)CCS(=O)(=O)C(C)C#N. The van der Waals surface area contributed by atoms with Crippen molar-refractivity contribution in [2.75, 3.05) is 5.75 Å². The van der Waals surface area contributed by atoms with Gasteiger partial charge in [0, 0.05) is 6.04 Å². The summed E-state index contributed by atoms with van der Waals surface area (Å²) in [6.07, 6.45) is 0.411. The molecule has 0 amide bonds. The lowest BCUT2D eigenvalue weighted by molar-refractivity contribution is 0.583. The Kier molecular flexibility index (Phi) is 4.21. The minimum atomic E-state index is -3.25. The number of sulfone groups is 1. The Labute approximate surface area is 73.3 Å². The fourth-order valence-electron chi connectivity index (χ4n) is 0.607. The van der Waals surface area contributed by atoms with Crippen LogP contribution in [-0.2, 0) is 9.84 Å². The summed E-state index contributed by atoms with van der Waals surface area (Å²) in [5.41, 5.74) is 5.39. The Balaban J connectivity index is 4.18. The summed E-state index contributed by atoms with van der Waals surface area (Å²) in [6, 6.07) is 1.57. The number of rotatable bonds is 4. The highest BCUT2D eigenvalue weighted by molar-refractivity contribution is 7.92. The van der Waals surface area contributed by atoms with Gasteiger partial charge < -0.3 is 5.73 Å². The third kappa shape index (κ3) is 3.69. The topological polar surface area (TPSA) is 84.0 Å². The monoisotopic (exact) mass is 190 g/mol. The first-order valence-electron chi connectivity index (χ1n) is 3.77. The van der Waals surface area contributed by atoms with E-state index < -0.39 is 15.1 Å². The van der Waals surface area contributed by atoms with E-state index in [1.165, 1.54) is 6.92 Å². The van der Waals surface area contributed by atoms with Crippen molar-refractivity contribution in [2.24, 2.45) is 5.73 Å². The van der Waals surface area contributed by atoms with E-state index in [0.717, 1.165) is 0 Å². The molecule has 12 heavy (non-hydrogen) atoms. The van der Waals surface area contributed by atoms with Gasteiger partial charge in [-0.15, -0.1) is 0 Å². The molecule has 0 spiro atoms. The molecular formula is C7H14N2O2S. The molecule has 5 heteroatoms. The standard InChI is InChI=1S/C7H14N2O2S/c1-6(9)3-4-12(10,11)7(2)5-8/h6-7H,3-4,9H2,1-2H3. The van der Waals surface area contributed by atoms with E-state index in [0.29, 0.717) is 6.42 Å². The van der Waals surface area contributed by atoms with Crippen molar-refractivity contribution in [1.82, 2.24) is 0 Å². The van der Waals surface area contributed by atoms with Crippen LogP contribution in [0.1, 0.15) is 20.3 Å². The van der Waals surface area contributed by atoms with Crippen LogP contribution in [-0.4, -0.2) is 25.5 Å². The number of nitriles is 1. The molecular weight excluding hydrogens is 176 g/mol. The maximum Gasteiger partial charge on any atom is 0.166 e. The van der Waals surface area contributed by atoms with E-state index in [1.807, 2.05) is 0 Å². The molecule has 0 saturated carbocycles. The summed E-state index contributed by atoms with van der Waals surface area (Å²) in [5, 5.41) is 7.46. The second-order valence-electron chi connectivity index (χ2n) is 2.90. The van der Waals surface area contributed by atoms with Gasteiger partial charge in [0.05, 0.1) is 11.8 Å². The zero-order chi connectivity index (χ0) is 9.78. The predicted octanol–water partition coefficient (Wildman–Crippen LogP) is 0.0506. The van der Waals surface area contributed by atoms with Gasteiger partial charge >= 0.3 is 0 Å². The highest BCUT2D eigenvalue weighted by Crippen LogP contribution is 2.03. The summed E-state index contributed by atoms with van der Waals surface area (Å²) < 4.78 is 22.4. The lowest BCUT2D eigenvalue weighted by Gasteiger charge is -2.07. The summed E-state index contributed by atoms with van der Waals surface area (Å²) in [4.78, 5) is 0. The lowest BCUT2D eigenvalue weighted by atomic mass is 10.3. The first-order valence-corrected chi connectivity index (χ1v) is 5.48. The van der Waals surface area contributed by atoms with Crippen LogP contribution in [0.3, 0.4) is 0 Å². The van der Waals surface area contributed by atoms with Crippen molar-refractivity contribution in [3.8, 4) is 6.07 Å². The minimum absolute atomic E-state index is 0.000602. The van der Waals surface area contributed by atoms with Crippen molar-refractivity contribution in [3.05, 3.63) is 0 Å². The molecule has 0 saturated heterocycles. The average molecular weight is 190 g/mol. The van der Waals surface area contributed by atoms with Crippen molar-refractivity contribution < 1.29 is 8.42 Å². The molecule has 0 aliphatic rings. The van der Waals surface area contributed by atoms with Crippen LogP contribution in [0.15, 0.2) is 0 Å². The summed E-state index contributed by atoms with van der Waals surface area (Å²) in [6.45, 7) is 3.13. The van der Waals surface area contributed by atoms with E-state index >= 15 is 0 Å². The third-order valence-corrected chi connectivity index (χ3v) is 3.57. The van der Waals surface area contributed by atoms with E-state index in [-0.39, 0.29) is 11.8 Å². The molecule has 2 atom stereocenters. The zero-order valence-electron chi connectivity index (χ0n) is 7.32. The second kappa shape index (κ2) is 4.43. The normalized spacial score (nSPS) is 16.5. The predicted molar refractivity (Wildman–Crippen MR) is 47.1 cm³/mol. The molecule has 0 fully saturated rings. The minimum Gasteiger partial charge on any atom is -0.328 e. The molecule has 0 aromatic rings. The van der Waals surface area contributed by atoms with E-state index in [2.05, 4.69) is 0 Å². The van der Waals surface area contributed by atoms with Gasteiger partial charge in [0.15, 0.2) is 9.84 Å². The van der Waals surface area contributed by atoms with Gasteiger partial charge in [-0.3, -0.25) is 0 Å². The Morgan fingerprint density at radius 2 is 2.00 bits per heavy atom. The van der Waals surface area contributed by atoms with Crippen LogP contribution >= 0.6 is 0 Å². The highest BCUT2D eigenvalue weighted by atomic mass is 32.2. The van der Waals surface area contributed by atoms with Crippen molar-refractivity contribution in [2.45, 2.75) is 31.6 Å². The Hall–Kier alpha value is -0.600. The van der Waals surface area contributed by atoms with E-state index in [4.69, 9.17) is 11.0 Å². The van der Waals surface area contributed by atoms with Crippen LogP contribution in [0.5, 0.6) is 0 Å². The van der Waals surface area contributed by atoms with Crippen molar-refractivity contribution in [1.29, 1.82) is 5.26 Å². The molecule has 0 radical (unpaired) electrons. The summed E-state index contributed by atoms with van der Waals surface area (Å²) in [7, 11) is -3.25. The second-order valence-corrected chi connectivity index (χ2v) is 5.35. The molecule has 0 aliphatic heterocycles. The first kappa shape index (κ1) is 11.4. The molecule has 2 N–H and O–H groups in total. The Bertz CT molecular complexity index is 264. The van der Waals surface area contributed by atoms with Crippen LogP contribution in [0.2, 0.25) is 0 Å². The maximum absolute atomic E-state index is 11.2. The highest BCUT2D eigenvalue weighted by Gasteiger charge is 2.19. The van der Waals surface area contributed by atoms with Gasteiger partial charge in [0.25, 0.3) is 0 Å². The Morgan fingerprint density at radius 3 is 2.33 bits per heavy atom. The molecule has 0 rings (SSSR count). The van der Waals surface area contributed by atoms with Gasteiger partial charge in [-0.1, -0.05) is 0 Å². The van der Waals surface area contributed by atoms with Crippen LogP contribution < -0.4 is 5.73 Å². The molecule has 0 aromatic heterocycles. The van der Waals surface area contributed by atoms with Crippen LogP contribution in [0, 0.1) is 11.3 Å². The number of nitrogens with two attached hydrogens (primary N) is 1. The van der Waals surface area contributed by atoms with Crippen LogP contribution in [0.4, 0.5) is 0 Å². The third-order valence-electron chi connectivity index (χ3n) is 1.58. The fraction of sp³-hybridized carbons (Fsp3) is 0.857. The lowest BCUT2D eigenvalue weighted by Crippen LogP contribution is -2.25. The smallest absolute Gasteiger partial charge is 0.166 e. The first-order chi connectivity index (χ1) is 5.40.